The number of carbonyl (C=O) groups is 3. The molecule has 0 spiro atoms. The van der Waals surface area contributed by atoms with Gasteiger partial charge < -0.3 is 20.4 Å². The van der Waals surface area contributed by atoms with Crippen LogP contribution in [0.15, 0.2) is 48.5 Å². The Labute approximate surface area is 197 Å². The van der Waals surface area contributed by atoms with Crippen LogP contribution in [0.2, 0.25) is 0 Å². The Balaban J connectivity index is 1.82. The average molecular weight is 453 g/mol. The first kappa shape index (κ1) is 25.9. The van der Waals surface area contributed by atoms with Gasteiger partial charge >= 0.3 is 0 Å². The van der Waals surface area contributed by atoms with Crippen molar-refractivity contribution in [2.45, 2.75) is 39.5 Å². The Morgan fingerprint density at radius 3 is 1.94 bits per heavy atom. The van der Waals surface area contributed by atoms with Crippen molar-refractivity contribution in [1.82, 2.24) is 9.80 Å². The standard InChI is InChI=1S/C26H36N4O3/c1-5-17-30(18-6-2)26(33)21-10-14-22(15-11-21)27-19-24(31)28-23-12-7-20(8-13-23)9-16-25(32)29(3)4/h7-8,10-15,27H,5-6,9,16-19H2,1-4H3,(H,28,31). The van der Waals surface area contributed by atoms with Gasteiger partial charge in [-0.05, 0) is 61.2 Å². The Morgan fingerprint density at radius 2 is 1.39 bits per heavy atom. The molecule has 0 aliphatic heterocycles. The average Bonchev–Trinajstić information content (AvgIpc) is 2.81. The highest BCUT2D eigenvalue weighted by molar-refractivity contribution is 5.95. The van der Waals surface area contributed by atoms with E-state index >= 15 is 0 Å². The smallest absolute Gasteiger partial charge is 0.253 e. The molecule has 0 aromatic heterocycles. The molecule has 7 heteroatoms. The molecule has 0 bridgehead atoms. The Bertz CT molecular complexity index is 902. The molecule has 0 heterocycles. The summed E-state index contributed by atoms with van der Waals surface area (Å²) in [7, 11) is 3.50. The quantitative estimate of drug-likeness (QED) is 0.510. The first-order chi connectivity index (χ1) is 15.8. The van der Waals surface area contributed by atoms with Gasteiger partial charge in [-0.15, -0.1) is 0 Å². The van der Waals surface area contributed by atoms with Gasteiger partial charge in [-0.2, -0.15) is 0 Å². The monoisotopic (exact) mass is 452 g/mol. The number of nitrogens with zero attached hydrogens (tertiary/aromatic N) is 2. The molecule has 0 aliphatic rings. The zero-order chi connectivity index (χ0) is 24.2. The summed E-state index contributed by atoms with van der Waals surface area (Å²) in [6.45, 7) is 5.75. The fraction of sp³-hybridized carbons (Fsp3) is 0.423. The van der Waals surface area contributed by atoms with Crippen LogP contribution in [0.1, 0.15) is 49.0 Å². The van der Waals surface area contributed by atoms with Gasteiger partial charge in [0.15, 0.2) is 0 Å². The van der Waals surface area contributed by atoms with Crippen molar-refractivity contribution in [3.05, 3.63) is 59.7 Å². The molecule has 0 fully saturated rings. The number of amides is 3. The van der Waals surface area contributed by atoms with Gasteiger partial charge in [-0.3, -0.25) is 14.4 Å². The summed E-state index contributed by atoms with van der Waals surface area (Å²) >= 11 is 0. The van der Waals surface area contributed by atoms with Crippen LogP contribution in [-0.2, 0) is 16.0 Å². The molecular weight excluding hydrogens is 416 g/mol. The normalized spacial score (nSPS) is 10.4. The molecule has 0 unspecified atom stereocenters. The number of rotatable bonds is 12. The van der Waals surface area contributed by atoms with Gasteiger partial charge in [0.05, 0.1) is 6.54 Å². The second-order valence-corrected chi connectivity index (χ2v) is 8.26. The topological polar surface area (TPSA) is 81.8 Å². The van der Waals surface area contributed by atoms with Gasteiger partial charge in [-0.25, -0.2) is 0 Å². The third-order valence-corrected chi connectivity index (χ3v) is 5.22. The van der Waals surface area contributed by atoms with Gasteiger partial charge in [-0.1, -0.05) is 26.0 Å². The SMILES string of the molecule is CCCN(CCC)C(=O)c1ccc(NCC(=O)Nc2ccc(CCC(=O)N(C)C)cc2)cc1. The number of nitrogens with one attached hydrogen (secondary N) is 2. The van der Waals surface area contributed by atoms with E-state index in [0.29, 0.717) is 24.1 Å². The lowest BCUT2D eigenvalue weighted by Gasteiger charge is -2.21. The summed E-state index contributed by atoms with van der Waals surface area (Å²) in [6, 6.07) is 14.7. The maximum absolute atomic E-state index is 12.7. The molecule has 0 saturated heterocycles. The molecule has 33 heavy (non-hydrogen) atoms. The van der Waals surface area contributed by atoms with E-state index in [-0.39, 0.29) is 24.3 Å². The molecular formula is C26H36N4O3. The molecule has 2 aromatic carbocycles. The zero-order valence-electron chi connectivity index (χ0n) is 20.2. The summed E-state index contributed by atoms with van der Waals surface area (Å²) in [5.74, 6) is -0.0321. The first-order valence-corrected chi connectivity index (χ1v) is 11.6. The number of benzene rings is 2. The van der Waals surface area contributed by atoms with Crippen LogP contribution in [0.4, 0.5) is 11.4 Å². The van der Waals surface area contributed by atoms with Crippen molar-refractivity contribution in [2.24, 2.45) is 0 Å². The van der Waals surface area contributed by atoms with Crippen LogP contribution in [0.25, 0.3) is 0 Å². The lowest BCUT2D eigenvalue weighted by molar-refractivity contribution is -0.128. The molecule has 0 atom stereocenters. The second-order valence-electron chi connectivity index (χ2n) is 8.26. The van der Waals surface area contributed by atoms with E-state index < -0.39 is 0 Å². The Hall–Kier alpha value is -3.35. The first-order valence-electron chi connectivity index (χ1n) is 11.6. The predicted octanol–water partition coefficient (Wildman–Crippen LogP) is 4.02. The van der Waals surface area contributed by atoms with Crippen LogP contribution in [0, 0.1) is 0 Å². The maximum Gasteiger partial charge on any atom is 0.253 e. The summed E-state index contributed by atoms with van der Waals surface area (Å²) in [5.41, 5.74) is 3.18. The molecule has 2 aromatic rings. The largest absolute Gasteiger partial charge is 0.376 e. The fourth-order valence-corrected chi connectivity index (χ4v) is 3.39. The van der Waals surface area contributed by atoms with Crippen LogP contribution in [0.5, 0.6) is 0 Å². The van der Waals surface area contributed by atoms with Crippen molar-refractivity contribution in [3.8, 4) is 0 Å². The van der Waals surface area contributed by atoms with Gasteiger partial charge in [0.25, 0.3) is 5.91 Å². The van der Waals surface area contributed by atoms with Gasteiger partial charge in [0.2, 0.25) is 11.8 Å². The van der Waals surface area contributed by atoms with E-state index in [1.54, 1.807) is 31.1 Å². The lowest BCUT2D eigenvalue weighted by atomic mass is 10.1. The molecule has 0 saturated carbocycles. The van der Waals surface area contributed by atoms with E-state index in [9.17, 15) is 14.4 Å². The maximum atomic E-state index is 12.7. The molecule has 2 rings (SSSR count). The molecule has 0 radical (unpaired) electrons. The Kier molecular flexibility index (Phi) is 10.4. The number of hydrogen-bond acceptors (Lipinski definition) is 4. The highest BCUT2D eigenvalue weighted by Gasteiger charge is 2.14. The number of aryl methyl sites for hydroxylation is 1. The summed E-state index contributed by atoms with van der Waals surface area (Å²) in [6.07, 6.45) is 2.99. The van der Waals surface area contributed by atoms with Crippen molar-refractivity contribution in [2.75, 3.05) is 44.4 Å². The fourth-order valence-electron chi connectivity index (χ4n) is 3.39. The molecule has 2 N–H and O–H groups in total. The highest BCUT2D eigenvalue weighted by Crippen LogP contribution is 2.14. The minimum atomic E-state index is -0.164. The van der Waals surface area contributed by atoms with E-state index in [2.05, 4.69) is 24.5 Å². The van der Waals surface area contributed by atoms with Crippen LogP contribution >= 0.6 is 0 Å². The van der Waals surface area contributed by atoms with E-state index in [1.165, 1.54) is 0 Å². The minimum Gasteiger partial charge on any atom is -0.376 e. The highest BCUT2D eigenvalue weighted by atomic mass is 16.2. The third-order valence-electron chi connectivity index (χ3n) is 5.22. The number of carbonyl (C=O) groups excluding carboxylic acids is 3. The molecule has 178 valence electrons. The van der Waals surface area contributed by atoms with Crippen molar-refractivity contribution < 1.29 is 14.4 Å². The summed E-state index contributed by atoms with van der Waals surface area (Å²) in [5, 5.41) is 5.94. The van der Waals surface area contributed by atoms with E-state index in [4.69, 9.17) is 0 Å². The van der Waals surface area contributed by atoms with Crippen LogP contribution in [-0.4, -0.2) is 61.3 Å². The molecule has 7 nitrogen and oxygen atoms in total. The minimum absolute atomic E-state index is 0.0394. The number of hydrogen-bond donors (Lipinski definition) is 2. The number of anilines is 2. The van der Waals surface area contributed by atoms with Crippen molar-refractivity contribution in [1.29, 1.82) is 0 Å². The second kappa shape index (κ2) is 13.3. The summed E-state index contributed by atoms with van der Waals surface area (Å²) in [4.78, 5) is 40.1. The summed E-state index contributed by atoms with van der Waals surface area (Å²) < 4.78 is 0. The zero-order valence-corrected chi connectivity index (χ0v) is 20.2. The lowest BCUT2D eigenvalue weighted by Crippen LogP contribution is -2.32. The Morgan fingerprint density at radius 1 is 0.818 bits per heavy atom. The molecule has 3 amide bonds. The van der Waals surface area contributed by atoms with Gasteiger partial charge in [0, 0.05) is 50.5 Å². The van der Waals surface area contributed by atoms with Crippen LogP contribution < -0.4 is 10.6 Å². The van der Waals surface area contributed by atoms with Crippen LogP contribution in [0.3, 0.4) is 0 Å². The van der Waals surface area contributed by atoms with Crippen molar-refractivity contribution >= 4 is 29.1 Å². The predicted molar refractivity (Wildman–Crippen MR) is 134 cm³/mol. The van der Waals surface area contributed by atoms with E-state index in [1.807, 2.05) is 41.3 Å². The molecule has 0 aliphatic carbocycles. The van der Waals surface area contributed by atoms with Crippen molar-refractivity contribution in [3.63, 3.8) is 0 Å². The third kappa shape index (κ3) is 8.60. The van der Waals surface area contributed by atoms with Gasteiger partial charge in [0.1, 0.15) is 0 Å². The van der Waals surface area contributed by atoms with E-state index in [0.717, 1.165) is 37.2 Å².